The highest BCUT2D eigenvalue weighted by Crippen LogP contribution is 2.54. The van der Waals surface area contributed by atoms with Gasteiger partial charge in [-0.3, -0.25) is 29.4 Å². The molecule has 5 atom stereocenters. The largest absolute Gasteiger partial charge is 0.370 e. The molecule has 3 aliphatic heterocycles. The fourth-order valence-electron chi connectivity index (χ4n) is 4.80. The Morgan fingerprint density at radius 3 is 2.68 bits per heavy atom. The molecule has 0 bridgehead atoms. The van der Waals surface area contributed by atoms with E-state index in [4.69, 9.17) is 5.73 Å². The highest BCUT2D eigenvalue weighted by molar-refractivity contribution is 9.10. The van der Waals surface area contributed by atoms with Crippen molar-refractivity contribution in [3.05, 3.63) is 28.2 Å². The van der Waals surface area contributed by atoms with Crippen LogP contribution in [-0.2, 0) is 24.7 Å². The van der Waals surface area contributed by atoms with Crippen LogP contribution in [0.15, 0.2) is 22.7 Å². The van der Waals surface area contributed by atoms with E-state index in [2.05, 4.69) is 26.6 Å². The Hall–Kier alpha value is -2.26. The average molecular weight is 449 g/mol. The first-order chi connectivity index (χ1) is 13.2. The van der Waals surface area contributed by atoms with E-state index in [1.165, 1.54) is 4.90 Å². The van der Waals surface area contributed by atoms with Crippen LogP contribution in [0.5, 0.6) is 0 Å². The number of anilines is 1. The number of hydrogen-bond donors (Lipinski definition) is 3. The van der Waals surface area contributed by atoms with E-state index in [9.17, 15) is 19.2 Å². The molecule has 4 amide bonds. The maximum atomic E-state index is 13.4. The Morgan fingerprint density at radius 1 is 1.32 bits per heavy atom. The minimum absolute atomic E-state index is 0.132. The van der Waals surface area contributed by atoms with Gasteiger partial charge in [-0.1, -0.05) is 22.9 Å². The normalized spacial score (nSPS) is 31.9. The first kappa shape index (κ1) is 19.1. The second-order valence-corrected chi connectivity index (χ2v) is 8.60. The SMILES string of the molecule is CC[C@@H](C)N1C(=O)[C@H]2[C@@H](C1=O)[C@]1(N[C@@H]2CC(N)=O)C(=O)Nc2ccc(Br)cc21. The molecule has 8 nitrogen and oxygen atoms in total. The number of rotatable bonds is 4. The summed E-state index contributed by atoms with van der Waals surface area (Å²) in [5.74, 6) is -3.46. The van der Waals surface area contributed by atoms with Gasteiger partial charge in [0.05, 0.1) is 11.8 Å². The summed E-state index contributed by atoms with van der Waals surface area (Å²) in [4.78, 5) is 52.6. The Bertz CT molecular complexity index is 919. The summed E-state index contributed by atoms with van der Waals surface area (Å²) >= 11 is 3.41. The van der Waals surface area contributed by atoms with Crippen molar-refractivity contribution in [2.45, 2.75) is 44.3 Å². The Kier molecular flexibility index (Phi) is 4.35. The Morgan fingerprint density at radius 2 is 2.04 bits per heavy atom. The van der Waals surface area contributed by atoms with E-state index in [0.29, 0.717) is 17.7 Å². The lowest BCUT2D eigenvalue weighted by Crippen LogP contribution is -2.54. The molecule has 1 aromatic carbocycles. The molecule has 1 spiro atoms. The quantitative estimate of drug-likeness (QED) is 0.589. The molecule has 9 heteroatoms. The fourth-order valence-corrected chi connectivity index (χ4v) is 5.17. The van der Waals surface area contributed by atoms with Gasteiger partial charge in [-0.15, -0.1) is 0 Å². The van der Waals surface area contributed by atoms with Gasteiger partial charge in [0.1, 0.15) is 5.54 Å². The Balaban J connectivity index is 1.90. The number of primary amides is 1. The minimum Gasteiger partial charge on any atom is -0.370 e. The van der Waals surface area contributed by atoms with Crippen LogP contribution in [0.2, 0.25) is 0 Å². The van der Waals surface area contributed by atoms with Crippen LogP contribution in [0.3, 0.4) is 0 Å². The molecule has 28 heavy (non-hydrogen) atoms. The number of hydrogen-bond acceptors (Lipinski definition) is 5. The van der Waals surface area contributed by atoms with E-state index in [1.807, 2.05) is 6.92 Å². The number of nitrogens with zero attached hydrogens (tertiary/aromatic N) is 1. The fraction of sp³-hybridized carbons (Fsp3) is 0.474. The molecule has 3 aliphatic rings. The molecule has 4 N–H and O–H groups in total. The lowest BCUT2D eigenvalue weighted by atomic mass is 9.76. The predicted molar refractivity (Wildman–Crippen MR) is 104 cm³/mol. The van der Waals surface area contributed by atoms with Gasteiger partial charge >= 0.3 is 0 Å². The van der Waals surface area contributed by atoms with Crippen molar-refractivity contribution in [2.24, 2.45) is 17.6 Å². The zero-order valence-electron chi connectivity index (χ0n) is 15.5. The number of likely N-dealkylation sites (tertiary alicyclic amines) is 1. The summed E-state index contributed by atoms with van der Waals surface area (Å²) in [6.45, 7) is 3.70. The molecule has 1 aromatic rings. The van der Waals surface area contributed by atoms with Gasteiger partial charge in [0.15, 0.2) is 0 Å². The van der Waals surface area contributed by atoms with Crippen LogP contribution in [0.4, 0.5) is 5.69 Å². The van der Waals surface area contributed by atoms with Crippen molar-refractivity contribution >= 4 is 45.2 Å². The number of carbonyl (C=O) groups is 4. The highest BCUT2D eigenvalue weighted by atomic mass is 79.9. The molecule has 0 unspecified atom stereocenters. The number of fused-ring (bicyclic) bond motifs is 4. The second kappa shape index (κ2) is 6.38. The molecule has 0 saturated carbocycles. The number of imide groups is 1. The smallest absolute Gasteiger partial charge is 0.250 e. The van der Waals surface area contributed by atoms with Gasteiger partial charge < -0.3 is 11.1 Å². The van der Waals surface area contributed by atoms with Crippen molar-refractivity contribution in [1.82, 2.24) is 10.2 Å². The van der Waals surface area contributed by atoms with Gasteiger partial charge in [-0.25, -0.2) is 0 Å². The molecular formula is C19H21BrN4O4. The third-order valence-electron chi connectivity index (χ3n) is 6.16. The van der Waals surface area contributed by atoms with Crippen LogP contribution in [0.1, 0.15) is 32.3 Å². The third kappa shape index (κ3) is 2.39. The maximum absolute atomic E-state index is 13.4. The number of benzene rings is 1. The lowest BCUT2D eigenvalue weighted by Gasteiger charge is -2.31. The van der Waals surface area contributed by atoms with Crippen LogP contribution < -0.4 is 16.4 Å². The van der Waals surface area contributed by atoms with Crippen molar-refractivity contribution in [1.29, 1.82) is 0 Å². The molecule has 0 radical (unpaired) electrons. The van der Waals surface area contributed by atoms with E-state index >= 15 is 0 Å². The highest BCUT2D eigenvalue weighted by Gasteiger charge is 2.70. The summed E-state index contributed by atoms with van der Waals surface area (Å²) in [7, 11) is 0. The number of halogens is 1. The summed E-state index contributed by atoms with van der Waals surface area (Å²) in [5, 5.41) is 5.99. The van der Waals surface area contributed by atoms with Crippen molar-refractivity contribution in [2.75, 3.05) is 5.32 Å². The number of nitrogens with one attached hydrogen (secondary N) is 2. The van der Waals surface area contributed by atoms with Gasteiger partial charge in [-0.05, 0) is 31.5 Å². The first-order valence-electron chi connectivity index (χ1n) is 9.26. The monoisotopic (exact) mass is 448 g/mol. The van der Waals surface area contributed by atoms with Crippen LogP contribution in [-0.4, -0.2) is 40.6 Å². The Labute approximate surface area is 170 Å². The standard InChI is InChI=1S/C19H21BrN4O4/c1-3-8(2)24-16(26)14-12(7-13(21)25)23-19(15(14)17(24)27)10-6-9(20)4-5-11(10)22-18(19)28/h4-6,8,12,14-15,23H,3,7H2,1-2H3,(H2,21,25)(H,22,28)/t8-,12-,14-,15+,19+/m1/s1. The van der Waals surface area contributed by atoms with Gasteiger partial charge in [0.2, 0.25) is 23.6 Å². The van der Waals surface area contributed by atoms with Crippen LogP contribution in [0, 0.1) is 11.8 Å². The van der Waals surface area contributed by atoms with Gasteiger partial charge in [0, 0.05) is 34.2 Å². The molecular weight excluding hydrogens is 428 g/mol. The van der Waals surface area contributed by atoms with Gasteiger partial charge in [-0.2, -0.15) is 0 Å². The van der Waals surface area contributed by atoms with Crippen molar-refractivity contribution in [3.8, 4) is 0 Å². The van der Waals surface area contributed by atoms with Gasteiger partial charge in [0.25, 0.3) is 0 Å². The molecule has 0 aromatic heterocycles. The number of nitrogens with two attached hydrogens (primary N) is 1. The first-order valence-corrected chi connectivity index (χ1v) is 10.1. The van der Waals surface area contributed by atoms with E-state index < -0.39 is 35.2 Å². The topological polar surface area (TPSA) is 122 Å². The van der Waals surface area contributed by atoms with E-state index in [1.54, 1.807) is 25.1 Å². The molecule has 2 saturated heterocycles. The zero-order chi connectivity index (χ0) is 20.4. The molecule has 0 aliphatic carbocycles. The third-order valence-corrected chi connectivity index (χ3v) is 6.66. The van der Waals surface area contributed by atoms with Crippen molar-refractivity contribution in [3.63, 3.8) is 0 Å². The number of carbonyl (C=O) groups excluding carboxylic acids is 4. The zero-order valence-corrected chi connectivity index (χ0v) is 17.1. The minimum atomic E-state index is -1.40. The summed E-state index contributed by atoms with van der Waals surface area (Å²) in [6.07, 6.45) is 0.471. The summed E-state index contributed by atoms with van der Waals surface area (Å²) in [5.41, 5.74) is 5.18. The van der Waals surface area contributed by atoms with E-state index in [0.717, 1.165) is 4.47 Å². The average Bonchev–Trinajstić information content (AvgIpc) is 3.20. The molecule has 148 valence electrons. The summed E-state index contributed by atoms with van der Waals surface area (Å²) in [6, 6.07) is 4.33. The maximum Gasteiger partial charge on any atom is 0.250 e. The molecule has 3 heterocycles. The second-order valence-electron chi connectivity index (χ2n) is 7.68. The van der Waals surface area contributed by atoms with Crippen LogP contribution in [0.25, 0.3) is 0 Å². The predicted octanol–water partition coefficient (Wildman–Crippen LogP) is 0.843. The summed E-state index contributed by atoms with van der Waals surface area (Å²) < 4.78 is 0.745. The van der Waals surface area contributed by atoms with E-state index in [-0.39, 0.29) is 24.3 Å². The lowest BCUT2D eigenvalue weighted by molar-refractivity contribution is -0.145. The molecule has 2 fully saturated rings. The van der Waals surface area contributed by atoms with Crippen molar-refractivity contribution < 1.29 is 19.2 Å². The van der Waals surface area contributed by atoms with Crippen LogP contribution >= 0.6 is 15.9 Å². The number of amides is 4. The molecule has 4 rings (SSSR count).